The van der Waals surface area contributed by atoms with E-state index in [2.05, 4.69) is 10.3 Å². The van der Waals surface area contributed by atoms with Gasteiger partial charge in [-0.25, -0.2) is 0 Å². The van der Waals surface area contributed by atoms with Crippen molar-refractivity contribution in [1.82, 2.24) is 14.8 Å². The van der Waals surface area contributed by atoms with Crippen LogP contribution in [-0.4, -0.2) is 32.2 Å². The molecule has 7 heteroatoms. The second-order valence-corrected chi connectivity index (χ2v) is 9.04. The summed E-state index contributed by atoms with van der Waals surface area (Å²) in [6.07, 6.45) is 1.79. The van der Waals surface area contributed by atoms with Crippen molar-refractivity contribution >= 4 is 29.2 Å². The minimum atomic E-state index is -0.932. The summed E-state index contributed by atoms with van der Waals surface area (Å²) >= 11 is 8.54. The van der Waals surface area contributed by atoms with Gasteiger partial charge in [0.2, 0.25) is 0 Å². The van der Waals surface area contributed by atoms with Gasteiger partial charge in [-0.05, 0) is 43.2 Å². The molecule has 0 aliphatic carbocycles. The Kier molecular flexibility index (Phi) is 5.12. The van der Waals surface area contributed by atoms with Gasteiger partial charge in [-0.1, -0.05) is 29.8 Å². The van der Waals surface area contributed by atoms with Gasteiger partial charge in [-0.2, -0.15) is 5.10 Å². The van der Waals surface area contributed by atoms with Gasteiger partial charge in [0.25, 0.3) is 0 Å². The summed E-state index contributed by atoms with van der Waals surface area (Å²) in [4.78, 5) is 4.52. The van der Waals surface area contributed by atoms with Gasteiger partial charge >= 0.3 is 0 Å². The molecule has 2 aromatic heterocycles. The second kappa shape index (κ2) is 7.43. The Hall–Kier alpha value is -2.02. The van der Waals surface area contributed by atoms with E-state index in [-0.39, 0.29) is 5.25 Å². The summed E-state index contributed by atoms with van der Waals surface area (Å²) in [5.74, 6) is 1.95. The number of halogens is 1. The van der Waals surface area contributed by atoms with Crippen LogP contribution in [0.25, 0.3) is 11.4 Å². The van der Waals surface area contributed by atoms with Crippen molar-refractivity contribution in [3.05, 3.63) is 64.3 Å². The Morgan fingerprint density at radius 1 is 1.29 bits per heavy atom. The Bertz CT molecular complexity index is 998. The van der Waals surface area contributed by atoms with Gasteiger partial charge in [0.1, 0.15) is 11.5 Å². The lowest BCUT2D eigenvalue weighted by Crippen LogP contribution is -2.15. The number of aryl methyl sites for hydroxylation is 1. The van der Waals surface area contributed by atoms with Crippen LogP contribution in [0.1, 0.15) is 35.8 Å². The molecule has 0 spiro atoms. The molecule has 0 saturated heterocycles. The highest BCUT2D eigenvalue weighted by molar-refractivity contribution is 7.99. The predicted octanol–water partition coefficient (Wildman–Crippen LogP) is 4.61. The first-order chi connectivity index (χ1) is 13.4. The van der Waals surface area contributed by atoms with E-state index in [0.29, 0.717) is 5.02 Å². The summed E-state index contributed by atoms with van der Waals surface area (Å²) in [6, 6.07) is 11.7. The SMILES string of the molecule is Cn1nc(-c2ccccn2)c2c1NCCSC2c1ccc(C(C)(C)O)cc1Cl. The Balaban J connectivity index is 1.87. The third kappa shape index (κ3) is 3.52. The number of pyridine rings is 1. The molecule has 3 aromatic rings. The van der Waals surface area contributed by atoms with Crippen molar-refractivity contribution in [2.45, 2.75) is 24.7 Å². The van der Waals surface area contributed by atoms with E-state index in [0.717, 1.165) is 46.2 Å². The molecule has 0 radical (unpaired) electrons. The average molecular weight is 415 g/mol. The summed E-state index contributed by atoms with van der Waals surface area (Å²) in [5.41, 5.74) is 3.70. The second-order valence-electron chi connectivity index (χ2n) is 7.42. The van der Waals surface area contributed by atoms with Gasteiger partial charge in [-0.15, -0.1) is 11.8 Å². The molecule has 146 valence electrons. The topological polar surface area (TPSA) is 63.0 Å². The molecule has 1 aliphatic rings. The molecule has 3 heterocycles. The highest BCUT2D eigenvalue weighted by atomic mass is 35.5. The van der Waals surface area contributed by atoms with Crippen LogP contribution in [0.2, 0.25) is 5.02 Å². The zero-order valence-electron chi connectivity index (χ0n) is 16.1. The van der Waals surface area contributed by atoms with Crippen LogP contribution in [0.5, 0.6) is 0 Å². The molecule has 28 heavy (non-hydrogen) atoms. The normalized spacial score (nSPS) is 17.0. The molecule has 0 bridgehead atoms. The van der Waals surface area contributed by atoms with E-state index in [9.17, 15) is 5.11 Å². The van der Waals surface area contributed by atoms with Crippen molar-refractivity contribution in [2.75, 3.05) is 17.6 Å². The molecule has 1 aromatic carbocycles. The van der Waals surface area contributed by atoms with E-state index in [1.807, 2.05) is 59.9 Å². The lowest BCUT2D eigenvalue weighted by molar-refractivity contribution is 0.0786. The third-order valence-electron chi connectivity index (χ3n) is 4.92. The van der Waals surface area contributed by atoms with E-state index in [1.165, 1.54) is 0 Å². The molecule has 1 unspecified atom stereocenters. The maximum atomic E-state index is 10.3. The van der Waals surface area contributed by atoms with Gasteiger partial charge in [0.05, 0.1) is 16.5 Å². The third-order valence-corrected chi connectivity index (χ3v) is 6.51. The van der Waals surface area contributed by atoms with Crippen LogP contribution in [-0.2, 0) is 12.6 Å². The van der Waals surface area contributed by atoms with E-state index in [4.69, 9.17) is 16.7 Å². The Morgan fingerprint density at radius 2 is 2.11 bits per heavy atom. The number of nitrogens with zero attached hydrogens (tertiary/aromatic N) is 3. The molecule has 4 rings (SSSR count). The molecular formula is C21H23ClN4OS. The molecular weight excluding hydrogens is 392 g/mol. The van der Waals surface area contributed by atoms with Gasteiger partial charge in [0, 0.05) is 36.1 Å². The smallest absolute Gasteiger partial charge is 0.129 e. The summed E-state index contributed by atoms with van der Waals surface area (Å²) < 4.78 is 1.89. The molecule has 1 aliphatic heterocycles. The predicted molar refractivity (Wildman–Crippen MR) is 116 cm³/mol. The average Bonchev–Trinajstić information content (AvgIpc) is 2.85. The molecule has 1 atom stereocenters. The summed E-state index contributed by atoms with van der Waals surface area (Å²) in [6.45, 7) is 4.39. The molecule has 5 nitrogen and oxygen atoms in total. The quantitative estimate of drug-likeness (QED) is 0.655. The number of aromatic nitrogens is 3. The molecule has 0 fully saturated rings. The largest absolute Gasteiger partial charge is 0.386 e. The number of hydrogen-bond acceptors (Lipinski definition) is 5. The zero-order chi connectivity index (χ0) is 19.9. The van der Waals surface area contributed by atoms with Crippen LogP contribution < -0.4 is 5.32 Å². The number of rotatable bonds is 3. The van der Waals surface area contributed by atoms with E-state index in [1.54, 1.807) is 20.0 Å². The highest BCUT2D eigenvalue weighted by Crippen LogP contribution is 2.47. The summed E-state index contributed by atoms with van der Waals surface area (Å²) in [5, 5.41) is 19.3. The Morgan fingerprint density at radius 3 is 2.79 bits per heavy atom. The first-order valence-electron chi connectivity index (χ1n) is 9.22. The molecule has 2 N–H and O–H groups in total. The van der Waals surface area contributed by atoms with Crippen LogP contribution >= 0.6 is 23.4 Å². The minimum absolute atomic E-state index is 0.0269. The van der Waals surface area contributed by atoms with Crippen LogP contribution in [0.4, 0.5) is 5.82 Å². The van der Waals surface area contributed by atoms with Crippen molar-refractivity contribution in [2.24, 2.45) is 7.05 Å². The molecule has 0 amide bonds. The van der Waals surface area contributed by atoms with Crippen LogP contribution in [0.3, 0.4) is 0 Å². The van der Waals surface area contributed by atoms with Crippen LogP contribution in [0.15, 0.2) is 42.6 Å². The number of nitrogens with one attached hydrogen (secondary N) is 1. The molecule has 0 saturated carbocycles. The van der Waals surface area contributed by atoms with Crippen molar-refractivity contribution in [3.63, 3.8) is 0 Å². The zero-order valence-corrected chi connectivity index (χ0v) is 17.7. The first-order valence-corrected chi connectivity index (χ1v) is 10.6. The maximum Gasteiger partial charge on any atom is 0.129 e. The fraction of sp³-hybridized carbons (Fsp3) is 0.333. The lowest BCUT2D eigenvalue weighted by Gasteiger charge is -2.22. The van der Waals surface area contributed by atoms with E-state index >= 15 is 0 Å². The van der Waals surface area contributed by atoms with Crippen molar-refractivity contribution < 1.29 is 5.11 Å². The lowest BCUT2D eigenvalue weighted by atomic mass is 9.95. The number of fused-ring (bicyclic) bond motifs is 1. The standard InChI is InChI=1S/C21H23ClN4OS/c1-21(2,27)13-7-8-14(15(22)12-13)19-17-18(16-6-4-5-9-23-16)25-26(3)20(17)24-10-11-28-19/h4-9,12,19,24,27H,10-11H2,1-3H3. The van der Waals surface area contributed by atoms with Crippen LogP contribution in [0, 0.1) is 0 Å². The first kappa shape index (κ1) is 19.3. The van der Waals surface area contributed by atoms with Crippen molar-refractivity contribution in [3.8, 4) is 11.4 Å². The highest BCUT2D eigenvalue weighted by Gasteiger charge is 2.31. The number of thioether (sulfide) groups is 1. The Labute approximate surface area is 174 Å². The fourth-order valence-corrected chi connectivity index (χ4v) is 5.07. The number of benzene rings is 1. The minimum Gasteiger partial charge on any atom is -0.386 e. The van der Waals surface area contributed by atoms with Crippen molar-refractivity contribution in [1.29, 1.82) is 0 Å². The van der Waals surface area contributed by atoms with Gasteiger partial charge in [0.15, 0.2) is 0 Å². The number of hydrogen-bond donors (Lipinski definition) is 2. The maximum absolute atomic E-state index is 10.3. The number of anilines is 1. The van der Waals surface area contributed by atoms with Gasteiger partial charge < -0.3 is 10.4 Å². The fourth-order valence-electron chi connectivity index (χ4n) is 3.49. The summed E-state index contributed by atoms with van der Waals surface area (Å²) in [7, 11) is 1.95. The monoisotopic (exact) mass is 414 g/mol. The van der Waals surface area contributed by atoms with E-state index < -0.39 is 5.60 Å². The van der Waals surface area contributed by atoms with Gasteiger partial charge in [-0.3, -0.25) is 9.67 Å². The number of aliphatic hydroxyl groups is 1.